The molecule has 1 aliphatic carbocycles. The molecule has 18 heavy (non-hydrogen) atoms. The molecule has 1 saturated carbocycles. The van der Waals surface area contributed by atoms with Crippen LogP contribution in [0.2, 0.25) is 0 Å². The van der Waals surface area contributed by atoms with E-state index >= 15 is 0 Å². The van der Waals surface area contributed by atoms with Gasteiger partial charge in [0.05, 0.1) is 11.0 Å². The third kappa shape index (κ3) is 1.88. The average molecular weight is 261 g/mol. The molecule has 1 aromatic carbocycles. The summed E-state index contributed by atoms with van der Waals surface area (Å²) in [5.41, 5.74) is 8.25. The molecule has 4 heteroatoms. The van der Waals surface area contributed by atoms with Gasteiger partial charge in [-0.3, -0.25) is 0 Å². The molecule has 2 N–H and O–H groups in total. The summed E-state index contributed by atoms with van der Waals surface area (Å²) in [7, 11) is 0. The summed E-state index contributed by atoms with van der Waals surface area (Å²) in [4.78, 5) is 4.45. The minimum atomic E-state index is 0.359. The molecule has 2 aromatic rings. The zero-order valence-electron chi connectivity index (χ0n) is 10.7. The fourth-order valence-corrected chi connectivity index (χ4v) is 3.95. The van der Waals surface area contributed by atoms with Crippen molar-refractivity contribution in [2.75, 3.05) is 12.0 Å². The predicted molar refractivity (Wildman–Crippen MR) is 78.9 cm³/mol. The molecule has 1 aromatic heterocycles. The lowest BCUT2D eigenvalue weighted by Crippen LogP contribution is -2.27. The van der Waals surface area contributed by atoms with Crippen molar-refractivity contribution < 1.29 is 0 Å². The van der Waals surface area contributed by atoms with Crippen LogP contribution in [0.3, 0.4) is 0 Å². The quantitative estimate of drug-likeness (QED) is 0.922. The van der Waals surface area contributed by atoms with Crippen molar-refractivity contribution in [3.63, 3.8) is 0 Å². The smallest absolute Gasteiger partial charge is 0.201 e. The van der Waals surface area contributed by atoms with Gasteiger partial charge in [0.1, 0.15) is 0 Å². The van der Waals surface area contributed by atoms with E-state index in [1.807, 2.05) is 23.9 Å². The SMILES string of the molecule is CSC1(Cn2c(N)nc3ccccc32)CCCC1. The highest BCUT2D eigenvalue weighted by Gasteiger charge is 2.34. The lowest BCUT2D eigenvalue weighted by atomic mass is 10.1. The molecule has 0 unspecified atom stereocenters. The number of fused-ring (bicyclic) bond motifs is 1. The van der Waals surface area contributed by atoms with E-state index in [0.29, 0.717) is 10.7 Å². The van der Waals surface area contributed by atoms with Crippen molar-refractivity contribution in [2.45, 2.75) is 37.0 Å². The van der Waals surface area contributed by atoms with Crippen molar-refractivity contribution in [1.82, 2.24) is 9.55 Å². The number of hydrogen-bond donors (Lipinski definition) is 1. The van der Waals surface area contributed by atoms with Crippen LogP contribution in [0.25, 0.3) is 11.0 Å². The highest BCUT2D eigenvalue weighted by molar-refractivity contribution is 8.00. The van der Waals surface area contributed by atoms with Crippen molar-refractivity contribution >= 4 is 28.7 Å². The van der Waals surface area contributed by atoms with Crippen molar-refractivity contribution in [3.8, 4) is 0 Å². The Kier molecular flexibility index (Phi) is 2.98. The van der Waals surface area contributed by atoms with Crippen LogP contribution >= 0.6 is 11.8 Å². The van der Waals surface area contributed by atoms with Gasteiger partial charge in [0, 0.05) is 11.3 Å². The topological polar surface area (TPSA) is 43.8 Å². The second-order valence-corrected chi connectivity index (χ2v) is 6.41. The van der Waals surface area contributed by atoms with Crippen molar-refractivity contribution in [1.29, 1.82) is 0 Å². The highest BCUT2D eigenvalue weighted by atomic mass is 32.2. The molecule has 0 saturated heterocycles. The number of nitrogens with zero attached hydrogens (tertiary/aromatic N) is 2. The average Bonchev–Trinajstić information content (AvgIpc) is 2.97. The number of rotatable bonds is 3. The number of nitrogen functional groups attached to an aromatic ring is 1. The summed E-state index contributed by atoms with van der Waals surface area (Å²) >= 11 is 1.99. The van der Waals surface area contributed by atoms with Gasteiger partial charge in [-0.25, -0.2) is 4.98 Å². The number of hydrogen-bond acceptors (Lipinski definition) is 3. The lowest BCUT2D eigenvalue weighted by molar-refractivity contribution is 0.518. The van der Waals surface area contributed by atoms with Gasteiger partial charge in [0.2, 0.25) is 5.95 Å². The Morgan fingerprint density at radius 2 is 2.06 bits per heavy atom. The molecule has 1 heterocycles. The molecule has 3 nitrogen and oxygen atoms in total. The Balaban J connectivity index is 2.01. The van der Waals surface area contributed by atoms with Gasteiger partial charge in [-0.1, -0.05) is 25.0 Å². The van der Waals surface area contributed by atoms with Crippen LogP contribution < -0.4 is 5.73 Å². The van der Waals surface area contributed by atoms with Crippen LogP contribution in [0, 0.1) is 0 Å². The highest BCUT2D eigenvalue weighted by Crippen LogP contribution is 2.42. The molecule has 0 bridgehead atoms. The molecule has 0 amide bonds. The number of aromatic nitrogens is 2. The summed E-state index contributed by atoms with van der Waals surface area (Å²) in [5, 5.41) is 0. The maximum atomic E-state index is 6.09. The first-order valence-corrected chi connectivity index (χ1v) is 7.72. The lowest BCUT2D eigenvalue weighted by Gasteiger charge is -2.27. The molecule has 0 spiro atoms. The van der Waals surface area contributed by atoms with Crippen molar-refractivity contribution in [2.24, 2.45) is 0 Å². The number of para-hydroxylation sites is 2. The number of thioether (sulfide) groups is 1. The molecule has 0 aliphatic heterocycles. The Morgan fingerprint density at radius 1 is 1.33 bits per heavy atom. The van der Waals surface area contributed by atoms with Crippen LogP contribution in [-0.2, 0) is 6.54 Å². The van der Waals surface area contributed by atoms with Gasteiger partial charge >= 0.3 is 0 Å². The molecule has 1 fully saturated rings. The molecular weight excluding hydrogens is 242 g/mol. The van der Waals surface area contributed by atoms with Gasteiger partial charge in [0.25, 0.3) is 0 Å². The van der Waals surface area contributed by atoms with Gasteiger partial charge in [-0.05, 0) is 31.2 Å². The zero-order valence-corrected chi connectivity index (χ0v) is 11.5. The van der Waals surface area contributed by atoms with E-state index in [0.717, 1.165) is 17.6 Å². The largest absolute Gasteiger partial charge is 0.369 e. The Labute approximate surface area is 112 Å². The summed E-state index contributed by atoms with van der Waals surface area (Å²) in [5.74, 6) is 0.650. The first kappa shape index (κ1) is 11.9. The van der Waals surface area contributed by atoms with Gasteiger partial charge < -0.3 is 10.3 Å². The minimum Gasteiger partial charge on any atom is -0.369 e. The summed E-state index contributed by atoms with van der Waals surface area (Å²) in [6.45, 7) is 0.987. The third-order valence-corrected chi connectivity index (χ3v) is 5.48. The van der Waals surface area contributed by atoms with E-state index in [1.165, 1.54) is 25.7 Å². The molecular formula is C14H19N3S. The number of nitrogens with two attached hydrogens (primary N) is 1. The van der Waals surface area contributed by atoms with Crippen LogP contribution in [0.15, 0.2) is 24.3 Å². The van der Waals surface area contributed by atoms with Crippen LogP contribution in [0.4, 0.5) is 5.95 Å². The fourth-order valence-electron chi connectivity index (χ4n) is 2.99. The number of anilines is 1. The maximum absolute atomic E-state index is 6.09. The molecule has 0 radical (unpaired) electrons. The molecule has 3 rings (SSSR count). The Bertz CT molecular complexity index is 555. The standard InChI is InChI=1S/C14H19N3S/c1-18-14(8-4-5-9-14)10-17-12-7-3-2-6-11(12)16-13(17)15/h2-3,6-7H,4-5,8-10H2,1H3,(H2,15,16). The number of benzene rings is 1. The zero-order chi connectivity index (χ0) is 12.6. The van der Waals surface area contributed by atoms with Crippen molar-refractivity contribution in [3.05, 3.63) is 24.3 Å². The van der Waals surface area contributed by atoms with Gasteiger partial charge in [0.15, 0.2) is 0 Å². The molecule has 0 atom stereocenters. The van der Waals surface area contributed by atoms with E-state index in [2.05, 4.69) is 27.9 Å². The normalized spacial score (nSPS) is 18.5. The number of imidazole rings is 1. The van der Waals surface area contributed by atoms with Crippen LogP contribution in [0.5, 0.6) is 0 Å². The Hall–Kier alpha value is -1.16. The second-order valence-electron chi connectivity index (χ2n) is 5.14. The van der Waals surface area contributed by atoms with Gasteiger partial charge in [-0.2, -0.15) is 11.8 Å². The maximum Gasteiger partial charge on any atom is 0.201 e. The van der Waals surface area contributed by atoms with Crippen LogP contribution in [-0.4, -0.2) is 20.6 Å². The Morgan fingerprint density at radius 3 is 2.78 bits per heavy atom. The second kappa shape index (κ2) is 4.50. The minimum absolute atomic E-state index is 0.359. The van der Waals surface area contributed by atoms with E-state index in [-0.39, 0.29) is 0 Å². The van der Waals surface area contributed by atoms with E-state index < -0.39 is 0 Å². The summed E-state index contributed by atoms with van der Waals surface area (Å²) in [6, 6.07) is 8.21. The summed E-state index contributed by atoms with van der Waals surface area (Å²) in [6.07, 6.45) is 7.49. The predicted octanol–water partition coefficient (Wildman–Crippen LogP) is 3.29. The van der Waals surface area contributed by atoms with Crippen LogP contribution in [0.1, 0.15) is 25.7 Å². The first-order chi connectivity index (χ1) is 8.74. The van der Waals surface area contributed by atoms with E-state index in [4.69, 9.17) is 5.73 Å². The first-order valence-electron chi connectivity index (χ1n) is 6.50. The van der Waals surface area contributed by atoms with E-state index in [9.17, 15) is 0 Å². The summed E-state index contributed by atoms with van der Waals surface area (Å²) < 4.78 is 2.55. The van der Waals surface area contributed by atoms with Gasteiger partial charge in [-0.15, -0.1) is 0 Å². The molecule has 96 valence electrons. The van der Waals surface area contributed by atoms with E-state index in [1.54, 1.807) is 0 Å². The third-order valence-electron chi connectivity index (χ3n) is 4.08. The monoisotopic (exact) mass is 261 g/mol. The fraction of sp³-hybridized carbons (Fsp3) is 0.500. The molecule has 1 aliphatic rings.